The first-order valence-corrected chi connectivity index (χ1v) is 7.16. The number of ether oxygens (including phenoxy) is 1. The van der Waals surface area contributed by atoms with Gasteiger partial charge in [-0.3, -0.25) is 14.1 Å². The smallest absolute Gasteiger partial charge is 0.258 e. The molecule has 0 aliphatic carbocycles. The van der Waals surface area contributed by atoms with Crippen LogP contribution in [0.15, 0.2) is 29.2 Å². The Morgan fingerprint density at radius 3 is 3.14 bits per heavy atom. The van der Waals surface area contributed by atoms with Crippen LogP contribution in [0.2, 0.25) is 5.02 Å². The van der Waals surface area contributed by atoms with Crippen LogP contribution in [0.5, 0.6) is 0 Å². The maximum Gasteiger partial charge on any atom is 0.258 e. The molecule has 7 heteroatoms. The molecule has 1 aliphatic rings. The zero-order valence-electron chi connectivity index (χ0n) is 11.4. The minimum absolute atomic E-state index is 0.00278. The van der Waals surface area contributed by atoms with Crippen molar-refractivity contribution < 1.29 is 9.84 Å². The van der Waals surface area contributed by atoms with Gasteiger partial charge in [-0.1, -0.05) is 11.6 Å². The molecule has 112 valence electrons. The zero-order valence-corrected chi connectivity index (χ0v) is 12.2. The molecule has 1 unspecified atom stereocenters. The van der Waals surface area contributed by atoms with E-state index in [0.29, 0.717) is 36.1 Å². The Kier molecular flexibility index (Phi) is 4.21. The second-order valence-electron chi connectivity index (χ2n) is 5.07. The molecule has 1 fully saturated rings. The van der Waals surface area contributed by atoms with Gasteiger partial charge in [-0.2, -0.15) is 0 Å². The summed E-state index contributed by atoms with van der Waals surface area (Å²) in [7, 11) is 0. The van der Waals surface area contributed by atoms with Gasteiger partial charge < -0.3 is 9.84 Å². The van der Waals surface area contributed by atoms with Crippen molar-refractivity contribution in [3.05, 3.63) is 45.5 Å². The Labute approximate surface area is 126 Å². The Bertz CT molecular complexity index is 703. The van der Waals surface area contributed by atoms with E-state index in [1.165, 1.54) is 10.5 Å². The van der Waals surface area contributed by atoms with E-state index in [1.807, 2.05) is 0 Å². The number of pyridine rings is 1. The molecule has 0 bridgehead atoms. The standard InChI is InChI=1S/C14H16ClN3O3/c15-10-1-2-13-16-11(5-14(20)18(13)6-10)7-17-3-4-21-12(8-17)9-19/h1-2,5-6,12,19H,3-4,7-9H2. The summed E-state index contributed by atoms with van der Waals surface area (Å²) in [6.45, 7) is 2.54. The molecule has 6 nitrogen and oxygen atoms in total. The number of hydrogen-bond donors (Lipinski definition) is 1. The van der Waals surface area contributed by atoms with Gasteiger partial charge in [-0.05, 0) is 12.1 Å². The first-order valence-electron chi connectivity index (χ1n) is 6.78. The van der Waals surface area contributed by atoms with Gasteiger partial charge in [-0.25, -0.2) is 4.98 Å². The van der Waals surface area contributed by atoms with E-state index >= 15 is 0 Å². The predicted molar refractivity (Wildman–Crippen MR) is 78.6 cm³/mol. The Hall–Kier alpha value is -1.47. The fourth-order valence-corrected chi connectivity index (χ4v) is 2.63. The molecule has 1 saturated heterocycles. The molecule has 0 saturated carbocycles. The number of nitrogens with zero attached hydrogens (tertiary/aromatic N) is 3. The lowest BCUT2D eigenvalue weighted by molar-refractivity contribution is -0.0553. The summed E-state index contributed by atoms with van der Waals surface area (Å²) in [6.07, 6.45) is 1.39. The van der Waals surface area contributed by atoms with Crippen molar-refractivity contribution >= 4 is 17.2 Å². The fraction of sp³-hybridized carbons (Fsp3) is 0.429. The average molecular weight is 310 g/mol. The van der Waals surface area contributed by atoms with Crippen molar-refractivity contribution in [1.82, 2.24) is 14.3 Å². The second-order valence-corrected chi connectivity index (χ2v) is 5.51. The maximum atomic E-state index is 12.1. The SMILES string of the molecule is O=c1cc(CN2CCOC(CO)C2)nc2ccc(Cl)cn12. The summed E-state index contributed by atoms with van der Waals surface area (Å²) in [5.41, 5.74) is 1.14. The molecule has 1 atom stereocenters. The minimum Gasteiger partial charge on any atom is -0.394 e. The lowest BCUT2D eigenvalue weighted by Crippen LogP contribution is -2.43. The summed E-state index contributed by atoms with van der Waals surface area (Å²) in [6, 6.07) is 4.96. The van der Waals surface area contributed by atoms with Gasteiger partial charge in [0.25, 0.3) is 5.56 Å². The van der Waals surface area contributed by atoms with Gasteiger partial charge in [0.15, 0.2) is 0 Å². The number of aliphatic hydroxyl groups is 1. The van der Waals surface area contributed by atoms with Crippen LogP contribution in [-0.2, 0) is 11.3 Å². The third-order valence-electron chi connectivity index (χ3n) is 3.49. The highest BCUT2D eigenvalue weighted by atomic mass is 35.5. The predicted octanol–water partition coefficient (Wildman–Crippen LogP) is 0.541. The van der Waals surface area contributed by atoms with Crippen molar-refractivity contribution in [3.8, 4) is 0 Å². The van der Waals surface area contributed by atoms with Gasteiger partial charge in [0.2, 0.25) is 0 Å². The molecule has 0 radical (unpaired) electrons. The van der Waals surface area contributed by atoms with Crippen molar-refractivity contribution in [2.75, 3.05) is 26.3 Å². The monoisotopic (exact) mass is 309 g/mol. The third-order valence-corrected chi connectivity index (χ3v) is 3.71. The van der Waals surface area contributed by atoms with Gasteiger partial charge >= 0.3 is 0 Å². The van der Waals surface area contributed by atoms with E-state index in [4.69, 9.17) is 21.4 Å². The van der Waals surface area contributed by atoms with E-state index in [1.54, 1.807) is 18.3 Å². The van der Waals surface area contributed by atoms with E-state index in [-0.39, 0.29) is 18.3 Å². The molecule has 0 aromatic carbocycles. The van der Waals surface area contributed by atoms with Crippen molar-refractivity contribution in [2.45, 2.75) is 12.6 Å². The van der Waals surface area contributed by atoms with E-state index in [2.05, 4.69) is 9.88 Å². The highest BCUT2D eigenvalue weighted by Crippen LogP contribution is 2.11. The largest absolute Gasteiger partial charge is 0.394 e. The first-order chi connectivity index (χ1) is 10.2. The first kappa shape index (κ1) is 14.5. The average Bonchev–Trinajstić information content (AvgIpc) is 2.48. The molecule has 1 aliphatic heterocycles. The van der Waals surface area contributed by atoms with Crippen molar-refractivity contribution in [2.24, 2.45) is 0 Å². The molecule has 2 aromatic heterocycles. The van der Waals surface area contributed by atoms with Crippen LogP contribution < -0.4 is 5.56 Å². The summed E-state index contributed by atoms with van der Waals surface area (Å²) in [4.78, 5) is 18.7. The van der Waals surface area contributed by atoms with Gasteiger partial charge in [0.1, 0.15) is 5.65 Å². The number of halogens is 1. The Morgan fingerprint density at radius 2 is 2.33 bits per heavy atom. The van der Waals surface area contributed by atoms with Crippen LogP contribution in [-0.4, -0.2) is 51.8 Å². The summed E-state index contributed by atoms with van der Waals surface area (Å²) in [5.74, 6) is 0. The van der Waals surface area contributed by atoms with E-state index < -0.39 is 0 Å². The number of morpholine rings is 1. The maximum absolute atomic E-state index is 12.1. The van der Waals surface area contributed by atoms with Crippen LogP contribution in [0.1, 0.15) is 5.69 Å². The molecule has 2 aromatic rings. The van der Waals surface area contributed by atoms with Crippen molar-refractivity contribution in [3.63, 3.8) is 0 Å². The van der Waals surface area contributed by atoms with E-state index in [0.717, 1.165) is 6.54 Å². The van der Waals surface area contributed by atoms with Crippen LogP contribution in [0.4, 0.5) is 0 Å². The Morgan fingerprint density at radius 1 is 1.48 bits per heavy atom. The molecule has 3 heterocycles. The summed E-state index contributed by atoms with van der Waals surface area (Å²) < 4.78 is 6.84. The van der Waals surface area contributed by atoms with Crippen LogP contribution >= 0.6 is 11.6 Å². The number of aliphatic hydroxyl groups excluding tert-OH is 1. The highest BCUT2D eigenvalue weighted by molar-refractivity contribution is 6.30. The lowest BCUT2D eigenvalue weighted by Gasteiger charge is -2.31. The van der Waals surface area contributed by atoms with Gasteiger partial charge in [-0.15, -0.1) is 0 Å². The molecule has 0 amide bonds. The summed E-state index contributed by atoms with van der Waals surface area (Å²) in [5, 5.41) is 9.65. The van der Waals surface area contributed by atoms with E-state index in [9.17, 15) is 4.79 Å². The minimum atomic E-state index is -0.167. The number of hydrogen-bond acceptors (Lipinski definition) is 5. The summed E-state index contributed by atoms with van der Waals surface area (Å²) >= 11 is 5.88. The lowest BCUT2D eigenvalue weighted by atomic mass is 10.2. The van der Waals surface area contributed by atoms with Crippen LogP contribution in [0, 0.1) is 0 Å². The number of aromatic nitrogens is 2. The molecule has 0 spiro atoms. The van der Waals surface area contributed by atoms with Crippen LogP contribution in [0.25, 0.3) is 5.65 Å². The third kappa shape index (κ3) is 3.24. The molecular weight excluding hydrogens is 294 g/mol. The topological polar surface area (TPSA) is 67.1 Å². The number of rotatable bonds is 3. The quantitative estimate of drug-likeness (QED) is 0.896. The zero-order chi connectivity index (χ0) is 14.8. The molecule has 3 rings (SSSR count). The van der Waals surface area contributed by atoms with Crippen LogP contribution in [0.3, 0.4) is 0 Å². The van der Waals surface area contributed by atoms with Crippen molar-refractivity contribution in [1.29, 1.82) is 0 Å². The Balaban J connectivity index is 1.84. The molecule has 21 heavy (non-hydrogen) atoms. The fourth-order valence-electron chi connectivity index (χ4n) is 2.47. The second kappa shape index (κ2) is 6.11. The van der Waals surface area contributed by atoms with Gasteiger partial charge in [0, 0.05) is 31.9 Å². The van der Waals surface area contributed by atoms with Gasteiger partial charge in [0.05, 0.1) is 30.0 Å². The molecule has 1 N–H and O–H groups in total. The highest BCUT2D eigenvalue weighted by Gasteiger charge is 2.20. The number of fused-ring (bicyclic) bond motifs is 1. The molecular formula is C14H16ClN3O3. The normalized spacial score (nSPS) is 20.0.